The number of nitriles is 1. The van der Waals surface area contributed by atoms with E-state index in [1.807, 2.05) is 0 Å². The lowest BCUT2D eigenvalue weighted by Crippen LogP contribution is -1.93. The van der Waals surface area contributed by atoms with Gasteiger partial charge in [0.25, 0.3) is 0 Å². The highest BCUT2D eigenvalue weighted by molar-refractivity contribution is 6.55. The van der Waals surface area contributed by atoms with Crippen molar-refractivity contribution in [3.63, 3.8) is 0 Å². The second-order valence-corrected chi connectivity index (χ2v) is 3.05. The van der Waals surface area contributed by atoms with Gasteiger partial charge in [0, 0.05) is 11.6 Å². The van der Waals surface area contributed by atoms with Gasteiger partial charge in [-0.15, -0.1) is 0 Å². The van der Waals surface area contributed by atoms with E-state index in [1.165, 1.54) is 6.08 Å². The molecule has 0 bridgehead atoms. The fourth-order valence-electron chi connectivity index (χ4n) is 0.123. The zero-order valence-corrected chi connectivity index (χ0v) is 10.1. The molecule has 0 aromatic heterocycles. The van der Waals surface area contributed by atoms with Crippen molar-refractivity contribution >= 4 is 29.2 Å². The number of rotatable bonds is 1. The van der Waals surface area contributed by atoms with E-state index in [9.17, 15) is 4.79 Å². The molecule has 3 nitrogen and oxygen atoms in total. The molecule has 15 heavy (non-hydrogen) atoms. The molecule has 0 aliphatic heterocycles. The van der Waals surface area contributed by atoms with Crippen LogP contribution in [-0.2, 0) is 4.79 Å². The molecule has 0 aliphatic carbocycles. The van der Waals surface area contributed by atoms with Crippen molar-refractivity contribution in [1.29, 1.82) is 5.26 Å². The first-order valence-electron chi connectivity index (χ1n) is 3.70. The molecule has 0 heterocycles. The molecular weight excluding hydrogens is 237 g/mol. The van der Waals surface area contributed by atoms with Crippen LogP contribution in [0.25, 0.3) is 0 Å². The van der Waals surface area contributed by atoms with Crippen LogP contribution in [0.1, 0.15) is 13.8 Å². The number of carboxylic acids is 1. The Balaban J connectivity index is -0.000000155. The standard InChI is InChI=1S/C5H8O2.C3H3N.C2H2Cl2/c1-3-4(2)5(6)7;1-2-3-4;1-2(3)4/h3H,1-2H3,(H,6,7);2H,1H2;1H2. The monoisotopic (exact) mass is 249 g/mol. The number of carbonyl (C=O) groups is 1. The minimum Gasteiger partial charge on any atom is -0.478 e. The maximum Gasteiger partial charge on any atom is 0.330 e. The first-order chi connectivity index (χ1) is 6.83. The molecule has 0 aliphatic rings. The fourth-order valence-corrected chi connectivity index (χ4v) is 0.123. The Morgan fingerprint density at radius 1 is 1.53 bits per heavy atom. The Bertz CT molecular complexity index is 274. The Hall–Kier alpha value is -1.24. The van der Waals surface area contributed by atoms with E-state index >= 15 is 0 Å². The summed E-state index contributed by atoms with van der Waals surface area (Å²) in [5, 5.41) is 15.6. The normalized spacial score (nSPS) is 8.07. The third kappa shape index (κ3) is 44.5. The van der Waals surface area contributed by atoms with Crippen LogP contribution in [0, 0.1) is 11.3 Å². The summed E-state index contributed by atoms with van der Waals surface area (Å²) in [4.78, 5) is 9.86. The summed E-state index contributed by atoms with van der Waals surface area (Å²) in [5.74, 6) is -0.845. The summed E-state index contributed by atoms with van der Waals surface area (Å²) in [5.41, 5.74) is 0.389. The number of halogens is 2. The summed E-state index contributed by atoms with van der Waals surface area (Å²) in [6, 6.07) is 1.69. The highest BCUT2D eigenvalue weighted by Gasteiger charge is 1.93. The van der Waals surface area contributed by atoms with Crippen LogP contribution in [0.4, 0.5) is 0 Å². The Morgan fingerprint density at radius 2 is 1.80 bits per heavy atom. The molecule has 0 saturated heterocycles. The van der Waals surface area contributed by atoms with Crippen LogP contribution in [0.3, 0.4) is 0 Å². The van der Waals surface area contributed by atoms with Gasteiger partial charge in [-0.1, -0.05) is 42.4 Å². The van der Waals surface area contributed by atoms with E-state index in [0.717, 1.165) is 0 Å². The maximum absolute atomic E-state index is 9.86. The van der Waals surface area contributed by atoms with Crippen LogP contribution in [-0.4, -0.2) is 11.1 Å². The molecule has 0 atom stereocenters. The lowest BCUT2D eigenvalue weighted by atomic mass is 10.3. The molecule has 0 aromatic rings. The van der Waals surface area contributed by atoms with Gasteiger partial charge in [0.1, 0.15) is 0 Å². The number of nitrogens with zero attached hydrogens (tertiary/aromatic N) is 1. The molecule has 0 unspecified atom stereocenters. The molecule has 0 rings (SSSR count). The summed E-state index contributed by atoms with van der Waals surface area (Å²) in [6.45, 7) is 9.46. The van der Waals surface area contributed by atoms with Crippen LogP contribution < -0.4 is 0 Å². The van der Waals surface area contributed by atoms with Gasteiger partial charge in [-0.2, -0.15) is 5.26 Å². The zero-order chi connectivity index (χ0) is 12.9. The van der Waals surface area contributed by atoms with Gasteiger partial charge in [-0.25, -0.2) is 4.79 Å². The first-order valence-corrected chi connectivity index (χ1v) is 4.45. The lowest BCUT2D eigenvalue weighted by molar-refractivity contribution is -0.132. The highest BCUT2D eigenvalue weighted by Crippen LogP contribution is 1.98. The molecular formula is C10H13Cl2NO2. The summed E-state index contributed by atoms with van der Waals surface area (Å²) < 4.78 is 0.111. The van der Waals surface area contributed by atoms with E-state index in [1.54, 1.807) is 26.0 Å². The molecule has 0 saturated carbocycles. The van der Waals surface area contributed by atoms with Crippen molar-refractivity contribution in [2.45, 2.75) is 13.8 Å². The van der Waals surface area contributed by atoms with Gasteiger partial charge in [-0.3, -0.25) is 0 Å². The van der Waals surface area contributed by atoms with Gasteiger partial charge >= 0.3 is 5.97 Å². The number of aliphatic carboxylic acids is 1. The van der Waals surface area contributed by atoms with Crippen molar-refractivity contribution in [3.8, 4) is 6.07 Å². The van der Waals surface area contributed by atoms with Crippen molar-refractivity contribution in [2.24, 2.45) is 0 Å². The van der Waals surface area contributed by atoms with E-state index in [0.29, 0.717) is 5.57 Å². The smallest absolute Gasteiger partial charge is 0.330 e. The molecule has 0 amide bonds. The largest absolute Gasteiger partial charge is 0.478 e. The van der Waals surface area contributed by atoms with Crippen molar-refractivity contribution in [2.75, 3.05) is 0 Å². The van der Waals surface area contributed by atoms with Gasteiger partial charge in [0.15, 0.2) is 0 Å². The molecule has 1 N–H and O–H groups in total. The van der Waals surface area contributed by atoms with Crippen LogP contribution >= 0.6 is 23.2 Å². The van der Waals surface area contributed by atoms with Gasteiger partial charge < -0.3 is 5.11 Å². The second-order valence-electron chi connectivity index (χ2n) is 1.95. The van der Waals surface area contributed by atoms with Crippen LogP contribution in [0.2, 0.25) is 0 Å². The van der Waals surface area contributed by atoms with Crippen LogP contribution in [0.15, 0.2) is 35.4 Å². The molecule has 84 valence electrons. The van der Waals surface area contributed by atoms with E-state index < -0.39 is 5.97 Å². The predicted octanol–water partition coefficient (Wildman–Crippen LogP) is 3.67. The lowest BCUT2D eigenvalue weighted by Gasteiger charge is -1.84. The third-order valence-electron chi connectivity index (χ3n) is 0.862. The average molecular weight is 250 g/mol. The average Bonchev–Trinajstić information content (AvgIpc) is 2.16. The van der Waals surface area contributed by atoms with Crippen LogP contribution in [0.5, 0.6) is 0 Å². The number of carboxylic acid groups (broad SMARTS) is 1. The minimum absolute atomic E-state index is 0.111. The predicted molar refractivity (Wildman–Crippen MR) is 63.7 cm³/mol. The van der Waals surface area contributed by atoms with Gasteiger partial charge in [-0.05, 0) is 13.8 Å². The SMILES string of the molecule is C=C(Cl)Cl.C=CC#N.CC=C(C)C(=O)O. The Kier molecular flexibility index (Phi) is 19.7. The summed E-state index contributed by atoms with van der Waals surface area (Å²) in [6.07, 6.45) is 2.74. The molecule has 0 fully saturated rings. The molecule has 0 aromatic carbocycles. The molecule has 5 heteroatoms. The minimum atomic E-state index is -0.845. The Labute approximate surface area is 99.9 Å². The summed E-state index contributed by atoms with van der Waals surface area (Å²) in [7, 11) is 0. The second kappa shape index (κ2) is 15.2. The number of hydrogen-bond acceptors (Lipinski definition) is 2. The topological polar surface area (TPSA) is 61.1 Å². The Morgan fingerprint density at radius 3 is 1.80 bits per heavy atom. The zero-order valence-electron chi connectivity index (χ0n) is 8.63. The molecule has 0 spiro atoms. The van der Waals surface area contributed by atoms with Gasteiger partial charge in [0.2, 0.25) is 0 Å². The fraction of sp³-hybridized carbons (Fsp3) is 0.200. The quantitative estimate of drug-likeness (QED) is 0.570. The first kappa shape index (κ1) is 19.4. The van der Waals surface area contributed by atoms with E-state index in [2.05, 4.69) is 13.2 Å². The maximum atomic E-state index is 9.86. The third-order valence-corrected chi connectivity index (χ3v) is 0.862. The highest BCUT2D eigenvalue weighted by atomic mass is 35.5. The summed E-state index contributed by atoms with van der Waals surface area (Å²) >= 11 is 9.69. The number of allylic oxidation sites excluding steroid dienone is 2. The van der Waals surface area contributed by atoms with E-state index in [4.69, 9.17) is 33.6 Å². The van der Waals surface area contributed by atoms with Crippen molar-refractivity contribution < 1.29 is 9.90 Å². The van der Waals surface area contributed by atoms with Crippen molar-refractivity contribution in [3.05, 3.63) is 35.4 Å². The number of hydrogen-bond donors (Lipinski definition) is 1. The van der Waals surface area contributed by atoms with E-state index in [-0.39, 0.29) is 4.49 Å². The molecule has 0 radical (unpaired) electrons. The van der Waals surface area contributed by atoms with Crippen molar-refractivity contribution in [1.82, 2.24) is 0 Å². The van der Waals surface area contributed by atoms with Gasteiger partial charge in [0.05, 0.1) is 10.6 Å².